The van der Waals surface area contributed by atoms with Gasteiger partial charge in [-0.05, 0) is 24.6 Å². The molecule has 0 atom stereocenters. The van der Waals surface area contributed by atoms with Crippen molar-refractivity contribution in [3.63, 3.8) is 0 Å². The zero-order valence-electron chi connectivity index (χ0n) is 7.51. The summed E-state index contributed by atoms with van der Waals surface area (Å²) in [5, 5.41) is 4.15. The van der Waals surface area contributed by atoms with Crippen LogP contribution in [0.3, 0.4) is 0 Å². The summed E-state index contributed by atoms with van der Waals surface area (Å²) in [7, 11) is 0. The number of hydrogen-bond acceptors (Lipinski definition) is 2. The first-order chi connectivity index (χ1) is 6.40. The standard InChI is InChI=1S/C10H11N3/c1-2-9-8-10(4-6-11-9)13-7-3-5-12-13/h3-8H,2H2,1H3. The first-order valence-corrected chi connectivity index (χ1v) is 4.35. The minimum Gasteiger partial charge on any atom is -0.261 e. The predicted octanol–water partition coefficient (Wildman–Crippen LogP) is 1.83. The van der Waals surface area contributed by atoms with E-state index in [9.17, 15) is 0 Å². The molecule has 2 heterocycles. The Labute approximate surface area is 77.0 Å². The van der Waals surface area contributed by atoms with Crippen molar-refractivity contribution in [2.45, 2.75) is 13.3 Å². The highest BCUT2D eigenvalue weighted by molar-refractivity contribution is 5.30. The molecular weight excluding hydrogens is 162 g/mol. The van der Waals surface area contributed by atoms with Crippen LogP contribution in [0.25, 0.3) is 5.69 Å². The molecule has 0 radical (unpaired) electrons. The number of hydrogen-bond donors (Lipinski definition) is 0. The van der Waals surface area contributed by atoms with Crippen LogP contribution < -0.4 is 0 Å². The highest BCUT2D eigenvalue weighted by Gasteiger charge is 1.96. The lowest BCUT2D eigenvalue weighted by Gasteiger charge is -2.01. The highest BCUT2D eigenvalue weighted by Crippen LogP contribution is 2.06. The molecule has 0 saturated carbocycles. The molecule has 2 aromatic heterocycles. The summed E-state index contributed by atoms with van der Waals surface area (Å²) in [6, 6.07) is 5.91. The molecule has 3 nitrogen and oxygen atoms in total. The van der Waals surface area contributed by atoms with Gasteiger partial charge in [-0.2, -0.15) is 5.10 Å². The molecule has 0 bridgehead atoms. The SMILES string of the molecule is CCc1cc(-n2cccn2)ccn1. The van der Waals surface area contributed by atoms with Crippen molar-refractivity contribution in [1.29, 1.82) is 0 Å². The van der Waals surface area contributed by atoms with Gasteiger partial charge in [0.05, 0.1) is 5.69 Å². The van der Waals surface area contributed by atoms with E-state index in [1.54, 1.807) is 6.20 Å². The van der Waals surface area contributed by atoms with Gasteiger partial charge in [0.15, 0.2) is 0 Å². The number of aryl methyl sites for hydroxylation is 1. The van der Waals surface area contributed by atoms with Gasteiger partial charge >= 0.3 is 0 Å². The number of aromatic nitrogens is 3. The lowest BCUT2D eigenvalue weighted by Crippen LogP contribution is -1.96. The molecule has 13 heavy (non-hydrogen) atoms. The maximum Gasteiger partial charge on any atom is 0.0678 e. The number of rotatable bonds is 2. The molecule has 2 aromatic rings. The number of pyridine rings is 1. The molecule has 0 amide bonds. The zero-order valence-corrected chi connectivity index (χ0v) is 7.51. The van der Waals surface area contributed by atoms with Gasteiger partial charge in [-0.25, -0.2) is 4.68 Å². The largest absolute Gasteiger partial charge is 0.261 e. The minimum absolute atomic E-state index is 0.953. The fourth-order valence-corrected chi connectivity index (χ4v) is 1.22. The van der Waals surface area contributed by atoms with Crippen LogP contribution >= 0.6 is 0 Å². The predicted molar refractivity (Wildman–Crippen MR) is 50.7 cm³/mol. The van der Waals surface area contributed by atoms with Crippen molar-refractivity contribution in [1.82, 2.24) is 14.8 Å². The molecule has 0 aliphatic heterocycles. The maximum atomic E-state index is 4.23. The van der Waals surface area contributed by atoms with Crippen LogP contribution in [0.4, 0.5) is 0 Å². The number of nitrogens with zero attached hydrogens (tertiary/aromatic N) is 3. The second kappa shape index (κ2) is 3.39. The van der Waals surface area contributed by atoms with Crippen LogP contribution in [-0.4, -0.2) is 14.8 Å². The summed E-state index contributed by atoms with van der Waals surface area (Å²) >= 11 is 0. The second-order valence-corrected chi connectivity index (χ2v) is 2.81. The average Bonchev–Trinajstić information content (AvgIpc) is 2.71. The molecule has 0 spiro atoms. The summed E-state index contributed by atoms with van der Waals surface area (Å²) in [5.41, 5.74) is 2.16. The van der Waals surface area contributed by atoms with Crippen molar-refractivity contribution >= 4 is 0 Å². The highest BCUT2D eigenvalue weighted by atomic mass is 15.3. The molecule has 2 rings (SSSR count). The Morgan fingerprint density at radius 2 is 2.31 bits per heavy atom. The van der Waals surface area contributed by atoms with Gasteiger partial charge in [0.25, 0.3) is 0 Å². The fraction of sp³-hybridized carbons (Fsp3) is 0.200. The summed E-state index contributed by atoms with van der Waals surface area (Å²) in [4.78, 5) is 4.23. The zero-order chi connectivity index (χ0) is 9.10. The van der Waals surface area contributed by atoms with Crippen LogP contribution in [0, 0.1) is 0 Å². The van der Waals surface area contributed by atoms with Crippen LogP contribution in [0.15, 0.2) is 36.8 Å². The molecule has 3 heteroatoms. The quantitative estimate of drug-likeness (QED) is 0.693. The van der Waals surface area contributed by atoms with E-state index >= 15 is 0 Å². The lowest BCUT2D eigenvalue weighted by atomic mass is 10.3. The Morgan fingerprint density at radius 1 is 1.38 bits per heavy atom. The Kier molecular flexibility index (Phi) is 2.08. The lowest BCUT2D eigenvalue weighted by molar-refractivity contribution is 0.870. The third-order valence-corrected chi connectivity index (χ3v) is 1.93. The van der Waals surface area contributed by atoms with Crippen LogP contribution in [-0.2, 0) is 6.42 Å². The first kappa shape index (κ1) is 7.98. The topological polar surface area (TPSA) is 30.7 Å². The minimum atomic E-state index is 0.953. The Bertz CT molecular complexity index is 379. The molecule has 66 valence electrons. The van der Waals surface area contributed by atoms with Crippen molar-refractivity contribution in [3.05, 3.63) is 42.5 Å². The van der Waals surface area contributed by atoms with E-state index < -0.39 is 0 Å². The van der Waals surface area contributed by atoms with Crippen molar-refractivity contribution in [3.8, 4) is 5.69 Å². The Hall–Kier alpha value is -1.64. The molecule has 0 aromatic carbocycles. The van der Waals surface area contributed by atoms with Gasteiger partial charge in [-0.15, -0.1) is 0 Å². The Balaban J connectivity index is 2.41. The van der Waals surface area contributed by atoms with E-state index in [0.717, 1.165) is 17.8 Å². The van der Waals surface area contributed by atoms with E-state index in [0.29, 0.717) is 0 Å². The van der Waals surface area contributed by atoms with Gasteiger partial charge in [0.2, 0.25) is 0 Å². The first-order valence-electron chi connectivity index (χ1n) is 4.35. The van der Waals surface area contributed by atoms with Crippen molar-refractivity contribution in [2.24, 2.45) is 0 Å². The molecule has 0 N–H and O–H groups in total. The van der Waals surface area contributed by atoms with Gasteiger partial charge in [0, 0.05) is 24.3 Å². The normalized spacial score (nSPS) is 10.2. The molecule has 0 saturated heterocycles. The summed E-state index contributed by atoms with van der Waals surface area (Å²) in [6.45, 7) is 2.09. The molecule has 0 aliphatic carbocycles. The van der Waals surface area contributed by atoms with E-state index in [2.05, 4.69) is 17.0 Å². The third kappa shape index (κ3) is 1.59. The molecular formula is C10H11N3. The Morgan fingerprint density at radius 3 is 3.00 bits per heavy atom. The van der Waals surface area contributed by atoms with Crippen molar-refractivity contribution < 1.29 is 0 Å². The summed E-state index contributed by atoms with van der Waals surface area (Å²) in [5.74, 6) is 0. The monoisotopic (exact) mass is 173 g/mol. The summed E-state index contributed by atoms with van der Waals surface area (Å²) < 4.78 is 1.83. The molecule has 0 aliphatic rings. The van der Waals surface area contributed by atoms with Crippen molar-refractivity contribution in [2.75, 3.05) is 0 Å². The second-order valence-electron chi connectivity index (χ2n) is 2.81. The summed E-state index contributed by atoms with van der Waals surface area (Å²) in [6.07, 6.45) is 6.46. The molecule has 0 unspecified atom stereocenters. The van der Waals surface area contributed by atoms with Gasteiger partial charge in [-0.1, -0.05) is 6.92 Å². The van der Waals surface area contributed by atoms with Gasteiger partial charge < -0.3 is 0 Å². The third-order valence-electron chi connectivity index (χ3n) is 1.93. The van der Waals surface area contributed by atoms with E-state index in [4.69, 9.17) is 0 Å². The van der Waals surface area contributed by atoms with Crippen LogP contribution in [0.1, 0.15) is 12.6 Å². The van der Waals surface area contributed by atoms with Crippen LogP contribution in [0.5, 0.6) is 0 Å². The smallest absolute Gasteiger partial charge is 0.0678 e. The fourth-order valence-electron chi connectivity index (χ4n) is 1.22. The maximum absolute atomic E-state index is 4.23. The van der Waals surface area contributed by atoms with Gasteiger partial charge in [0.1, 0.15) is 0 Å². The average molecular weight is 173 g/mol. The molecule has 0 fully saturated rings. The van der Waals surface area contributed by atoms with E-state index in [1.165, 1.54) is 0 Å². The van der Waals surface area contributed by atoms with Crippen LogP contribution in [0.2, 0.25) is 0 Å². The van der Waals surface area contributed by atoms with E-state index in [-0.39, 0.29) is 0 Å². The van der Waals surface area contributed by atoms with Gasteiger partial charge in [-0.3, -0.25) is 4.98 Å². The van der Waals surface area contributed by atoms with E-state index in [1.807, 2.05) is 35.3 Å².